The number of aliphatic hydroxyl groups is 4. The molecule has 8 aliphatic carbocycles. The molecule has 14 aliphatic rings. The molecule has 0 unspecified atom stereocenters. The van der Waals surface area contributed by atoms with Crippen molar-refractivity contribution in [1.29, 1.82) is 0 Å². The lowest BCUT2D eigenvalue weighted by Crippen LogP contribution is -2.73. The molecule has 4 aromatic heterocycles. The van der Waals surface area contributed by atoms with Crippen molar-refractivity contribution >= 4 is 23.6 Å². The molecule has 680 valence electrons. The summed E-state index contributed by atoms with van der Waals surface area (Å²) in [5.74, 6) is -0.515. The maximum absolute atomic E-state index is 13.1. The van der Waals surface area contributed by atoms with Gasteiger partial charge in [-0.2, -0.15) is 0 Å². The number of aromatic hydroxyl groups is 4. The summed E-state index contributed by atoms with van der Waals surface area (Å²) in [5, 5.41) is 93.1. The predicted molar refractivity (Wildman–Crippen MR) is 483 cm³/mol. The number of hydrogen-bond acceptors (Lipinski definition) is 21. The summed E-state index contributed by atoms with van der Waals surface area (Å²) < 4.78 is 5.33. The molecule has 5 aromatic carbocycles. The second-order valence-electron chi connectivity index (χ2n) is 39.9. The van der Waals surface area contributed by atoms with Crippen LogP contribution in [0.5, 0.6) is 23.0 Å². The van der Waals surface area contributed by atoms with Gasteiger partial charge in [-0.05, 0) is 264 Å². The first-order valence-corrected chi connectivity index (χ1v) is 45.8. The van der Waals surface area contributed by atoms with Gasteiger partial charge < -0.3 is 105 Å². The Morgan fingerprint density at radius 3 is 1.02 bits per heavy atom. The molecule has 4 amide bonds. The molecule has 130 heavy (non-hydrogen) atoms. The number of nitrogens with zero attached hydrogens (tertiary/aromatic N) is 7. The molecule has 10 heterocycles. The van der Waals surface area contributed by atoms with Gasteiger partial charge >= 0.3 is 0 Å². The molecule has 8 bridgehead atoms. The van der Waals surface area contributed by atoms with Crippen LogP contribution in [0.3, 0.4) is 0 Å². The molecule has 6 fully saturated rings. The normalized spacial score (nSPS) is 29.5. The molecule has 0 spiro atoms. The van der Waals surface area contributed by atoms with Crippen LogP contribution in [0.25, 0.3) is 0 Å². The van der Waals surface area contributed by atoms with Gasteiger partial charge in [0.05, 0.1) is 35.6 Å². The lowest BCUT2D eigenvalue weighted by atomic mass is 9.49. The van der Waals surface area contributed by atoms with E-state index >= 15 is 0 Å². The molecule has 29 heteroatoms. The average Bonchev–Trinajstić information content (AvgIpc) is 0.774. The van der Waals surface area contributed by atoms with Crippen LogP contribution in [0.15, 0.2) is 147 Å². The first kappa shape index (κ1) is 86.6. The van der Waals surface area contributed by atoms with Gasteiger partial charge in [-0.3, -0.25) is 38.4 Å². The van der Waals surface area contributed by atoms with Gasteiger partial charge in [-0.15, -0.1) is 0 Å². The fraction of sp³-hybridized carbons (Fsp3) is 0.465. The summed E-state index contributed by atoms with van der Waals surface area (Å²) in [4.78, 5) is 129. The third kappa shape index (κ3) is 13.4. The van der Waals surface area contributed by atoms with E-state index in [1.165, 1.54) is 4.90 Å². The lowest BCUT2D eigenvalue weighted by Gasteiger charge is -2.63. The minimum atomic E-state index is -1.08. The number of rotatable bonds is 6. The predicted octanol–water partition coefficient (Wildman–Crippen LogP) is 4.77. The highest BCUT2D eigenvalue weighted by molar-refractivity contribution is 5.96. The van der Waals surface area contributed by atoms with Gasteiger partial charge in [-0.25, -0.2) is 0 Å². The highest BCUT2D eigenvalue weighted by Gasteiger charge is 2.69. The standard InChI is InChI=1S/C28H29N3O4.C25H29N3O5.C25H29N3O4.C23H27N3O4/c1-31-10-9-27-15-23-19(14-28(27,35)24(31)12-18-7-8-20(32)13-22(18)27)11-21(26(34)30-23)25(33)29-16-17-5-3-2-4-6-17;1-27-5-4-24-14-20-16(10-18(22(30)26-20)23(31)28-6-8-33-9-7-28)13-25(24,32)21(27)11-15-2-3-17(29)12-19(15)24;1-27-9-6-24-14-20-16(10-18(22(30)26-20)23(31)28-7-2-3-8-28)13-25(24,32)21(27)11-15-4-5-17(29)12-19(15)24;1-25(2)21(29)16-8-14-11-23(30)19-9-13-4-5-15(27)10-17(13)22(23,6-7-26(19)3)12-18(14)24-20(16)28/h2-8,11,13,24,32,35H,9-10,12,14-16H2,1H3,(H,29,33)(H,30,34);2-3,10,12,21,29,32H,4-9,11,13-14H2,1H3,(H,26,30);4-5,10,12,21,29,32H,2-3,6-9,11,13-14H2,1H3,(H,26,30);4-5,8,10,19,27,30H,6-7,9,11-12H2,1-3H3,(H,24,28)/t24-,27-,28-;2*21-,24-,25-;19-,22-,23-/m1111/s1. The molecule has 0 saturated carbocycles. The average molecular weight is 1770 g/mol. The smallest absolute Gasteiger partial charge is 0.261 e. The Hall–Kier alpha value is -11.4. The maximum Gasteiger partial charge on any atom is 0.261 e. The van der Waals surface area contributed by atoms with E-state index in [-0.39, 0.29) is 98.3 Å². The summed E-state index contributed by atoms with van der Waals surface area (Å²) in [5.41, 5.74) is 8.18. The van der Waals surface area contributed by atoms with Crippen molar-refractivity contribution in [2.24, 2.45) is 0 Å². The number of carbonyl (C=O) groups excluding carboxylic acids is 4. The Morgan fingerprint density at radius 2 is 0.685 bits per heavy atom. The number of aromatic nitrogens is 4. The van der Waals surface area contributed by atoms with Crippen LogP contribution in [-0.4, -0.2) is 273 Å². The van der Waals surface area contributed by atoms with E-state index in [1.54, 1.807) is 96.7 Å². The van der Waals surface area contributed by atoms with Crippen LogP contribution in [0, 0.1) is 0 Å². The summed E-state index contributed by atoms with van der Waals surface area (Å²) in [6.45, 7) is 6.91. The number of fused-ring (bicyclic) bond motifs is 8. The van der Waals surface area contributed by atoms with E-state index in [4.69, 9.17) is 4.74 Å². The zero-order valence-corrected chi connectivity index (χ0v) is 74.3. The summed E-state index contributed by atoms with van der Waals surface area (Å²) in [6, 6.07) is 37.8. The van der Waals surface area contributed by atoms with Crippen LogP contribution in [0.1, 0.15) is 175 Å². The lowest BCUT2D eigenvalue weighted by molar-refractivity contribution is -0.145. The Kier molecular flexibility index (Phi) is 21.1. The SMILES string of the molecule is CN(C)C(=O)c1cc2c([nH]c1=O)C[C@]13CCN(C)[C@H](Cc4ccc(O)cc41)[C@]3(O)C2.CN1CC[C@]23Cc4[nH]c(=O)c(C(=O)N5CCCC5)cc4C[C@@]2(O)[C@H]1Cc1ccc(O)cc13.CN1CC[C@]23Cc4[nH]c(=O)c(C(=O)N5CCOCC5)cc4C[C@@]2(O)[C@H]1Cc1ccc(O)cc13.CN1CC[C@]23Cc4[nH]c(=O)c(C(=O)NCc5ccccc5)cc4C[C@@]2(O)[C@H]1Cc1ccc(O)cc13. The van der Waals surface area contributed by atoms with E-state index in [2.05, 4.69) is 51.9 Å². The van der Waals surface area contributed by atoms with E-state index in [0.29, 0.717) is 129 Å². The maximum atomic E-state index is 13.1. The van der Waals surface area contributed by atoms with Gasteiger partial charge in [0.15, 0.2) is 0 Å². The van der Waals surface area contributed by atoms with Crippen molar-refractivity contribution in [3.05, 3.63) is 286 Å². The van der Waals surface area contributed by atoms with Crippen molar-refractivity contribution in [2.75, 3.05) is 108 Å². The zero-order valence-electron chi connectivity index (χ0n) is 74.3. The number of likely N-dealkylation sites (tertiary alicyclic amines) is 5. The number of amides is 4. The van der Waals surface area contributed by atoms with Crippen molar-refractivity contribution in [3.8, 4) is 23.0 Å². The minimum Gasteiger partial charge on any atom is -0.508 e. The number of ether oxygens (including phenoxy) is 1. The number of likely N-dealkylation sites (N-methyl/N-ethyl adjacent to an activating group) is 4. The number of carbonyl (C=O) groups is 4. The van der Waals surface area contributed by atoms with Crippen molar-refractivity contribution in [3.63, 3.8) is 0 Å². The van der Waals surface area contributed by atoms with Crippen LogP contribution in [0.4, 0.5) is 0 Å². The van der Waals surface area contributed by atoms with Crippen LogP contribution < -0.4 is 27.6 Å². The number of phenolic OH excluding ortho intramolecular Hbond substituents is 4. The van der Waals surface area contributed by atoms with E-state index in [0.717, 1.165) is 153 Å². The number of nitrogens with one attached hydrogen (secondary N) is 5. The molecule has 6 saturated heterocycles. The Labute approximate surface area is 751 Å². The molecule has 9 aromatic rings. The van der Waals surface area contributed by atoms with Gasteiger partial charge in [-0.1, -0.05) is 54.6 Å². The largest absolute Gasteiger partial charge is 0.508 e. The fourth-order valence-electron chi connectivity index (χ4n) is 26.4. The Morgan fingerprint density at radius 1 is 0.385 bits per heavy atom. The third-order valence-corrected chi connectivity index (χ3v) is 33.2. The van der Waals surface area contributed by atoms with Crippen LogP contribution >= 0.6 is 0 Å². The number of piperidine rings is 4. The molecule has 12 atom stereocenters. The molecular formula is C101H114N12O17. The highest BCUT2D eigenvalue weighted by atomic mass is 16.5. The van der Waals surface area contributed by atoms with Gasteiger partial charge in [0, 0.05) is 167 Å². The first-order valence-electron chi connectivity index (χ1n) is 45.8. The first-order chi connectivity index (χ1) is 62.1. The second-order valence-corrected chi connectivity index (χ2v) is 39.9. The number of hydrogen-bond donors (Lipinski definition) is 13. The Balaban J connectivity index is 0.000000109. The van der Waals surface area contributed by atoms with E-state index in [1.807, 2.05) is 75.7 Å². The van der Waals surface area contributed by atoms with Gasteiger partial charge in [0.25, 0.3) is 45.9 Å². The summed E-state index contributed by atoms with van der Waals surface area (Å²) in [6.07, 6.45) is 11.0. The summed E-state index contributed by atoms with van der Waals surface area (Å²) >= 11 is 0. The molecule has 13 N–H and O–H groups in total. The number of benzene rings is 5. The molecule has 6 aliphatic heterocycles. The van der Waals surface area contributed by atoms with Crippen LogP contribution in [0.2, 0.25) is 0 Å². The monoisotopic (exact) mass is 1770 g/mol. The summed E-state index contributed by atoms with van der Waals surface area (Å²) in [7, 11) is 11.4. The van der Waals surface area contributed by atoms with Crippen molar-refractivity contribution in [1.82, 2.24) is 59.6 Å². The van der Waals surface area contributed by atoms with E-state index < -0.39 is 61.1 Å². The van der Waals surface area contributed by atoms with Crippen molar-refractivity contribution < 1.29 is 64.8 Å². The van der Waals surface area contributed by atoms with E-state index in [9.17, 15) is 79.2 Å². The number of H-pyrrole nitrogens is 4. The van der Waals surface area contributed by atoms with Crippen molar-refractivity contribution in [2.45, 2.75) is 190 Å². The number of phenols is 4. The molecule has 23 rings (SSSR count). The zero-order chi connectivity index (χ0) is 91.0. The highest BCUT2D eigenvalue weighted by Crippen LogP contribution is 2.62. The quantitative estimate of drug-likeness (QED) is 0.107. The molecule has 29 nitrogen and oxygen atoms in total. The fourth-order valence-corrected chi connectivity index (χ4v) is 26.4. The number of morpholine rings is 1. The van der Waals surface area contributed by atoms with Gasteiger partial charge in [0.2, 0.25) is 0 Å². The minimum absolute atomic E-state index is 0.0617. The number of pyridine rings is 4. The number of aromatic amines is 4. The van der Waals surface area contributed by atoms with Gasteiger partial charge in [0.1, 0.15) is 45.3 Å². The topological polar surface area (TPSA) is 406 Å². The molecular weight excluding hydrogens is 1650 g/mol. The molecule has 0 radical (unpaired) electrons. The van der Waals surface area contributed by atoms with Crippen LogP contribution in [-0.2, 0) is 110 Å². The third-order valence-electron chi connectivity index (χ3n) is 33.2. The Bertz CT molecular complexity index is 6420. The second kappa shape index (κ2) is 31.7.